The number of carbonyl (C=O) groups excluding carboxylic acids is 1. The summed E-state index contributed by atoms with van der Waals surface area (Å²) in [5.41, 5.74) is 0.970. The summed E-state index contributed by atoms with van der Waals surface area (Å²) in [5, 5.41) is 12.6. The molecule has 0 aliphatic carbocycles. The number of nitrogens with one attached hydrogen (secondary N) is 1. The van der Waals surface area contributed by atoms with E-state index in [0.29, 0.717) is 5.69 Å². The van der Waals surface area contributed by atoms with Crippen molar-refractivity contribution in [3.05, 3.63) is 65.5 Å². The number of aliphatic hydroxyl groups is 1. The molecule has 4 heteroatoms. The minimum absolute atomic E-state index is 0.298. The first-order chi connectivity index (χ1) is 10.9. The molecule has 1 aromatic carbocycles. The predicted molar refractivity (Wildman–Crippen MR) is 89.9 cm³/mol. The van der Waals surface area contributed by atoms with Crippen molar-refractivity contribution in [1.29, 1.82) is 0 Å². The Kier molecular flexibility index (Phi) is 5.15. The van der Waals surface area contributed by atoms with E-state index in [1.165, 1.54) is 0 Å². The van der Waals surface area contributed by atoms with Crippen molar-refractivity contribution in [2.24, 2.45) is 0 Å². The highest BCUT2D eigenvalue weighted by atomic mass is 16.3. The van der Waals surface area contributed by atoms with Gasteiger partial charge in [0.15, 0.2) is 0 Å². The lowest BCUT2D eigenvalue weighted by Gasteiger charge is -2.26. The van der Waals surface area contributed by atoms with Crippen molar-refractivity contribution >= 4 is 5.91 Å². The van der Waals surface area contributed by atoms with Gasteiger partial charge in [0, 0.05) is 17.3 Å². The smallest absolute Gasteiger partial charge is 0.270 e. The van der Waals surface area contributed by atoms with Gasteiger partial charge in [0.1, 0.15) is 5.69 Å². The van der Waals surface area contributed by atoms with E-state index < -0.39 is 5.60 Å². The number of hydrogen-bond acceptors (Lipinski definition) is 3. The molecule has 0 saturated carbocycles. The van der Waals surface area contributed by atoms with Crippen molar-refractivity contribution in [2.75, 3.05) is 0 Å². The Balaban J connectivity index is 2.05. The average molecular weight is 308 g/mol. The highest BCUT2D eigenvalue weighted by Crippen LogP contribution is 2.08. The van der Waals surface area contributed by atoms with Crippen LogP contribution in [-0.4, -0.2) is 27.6 Å². The summed E-state index contributed by atoms with van der Waals surface area (Å²) in [4.78, 5) is 16.2. The Hall–Kier alpha value is -2.64. The summed E-state index contributed by atoms with van der Waals surface area (Å²) in [6, 6.07) is 12.7. The third-order valence-electron chi connectivity index (χ3n) is 3.53. The fourth-order valence-electron chi connectivity index (χ4n) is 1.72. The van der Waals surface area contributed by atoms with Crippen molar-refractivity contribution in [3.63, 3.8) is 0 Å². The highest BCUT2D eigenvalue weighted by Gasteiger charge is 2.24. The fraction of sp³-hybridized carbons (Fsp3) is 0.263. The van der Waals surface area contributed by atoms with Gasteiger partial charge in [-0.15, -0.1) is 0 Å². The van der Waals surface area contributed by atoms with Gasteiger partial charge in [-0.05, 0) is 45.0 Å². The second-order valence-electron chi connectivity index (χ2n) is 5.90. The molecule has 0 spiro atoms. The summed E-state index contributed by atoms with van der Waals surface area (Å²) in [6.07, 6.45) is 1.57. The van der Waals surface area contributed by atoms with Gasteiger partial charge < -0.3 is 10.4 Å². The highest BCUT2D eigenvalue weighted by molar-refractivity contribution is 5.92. The molecule has 1 aromatic heterocycles. The van der Waals surface area contributed by atoms with Gasteiger partial charge in [-0.2, -0.15) is 0 Å². The summed E-state index contributed by atoms with van der Waals surface area (Å²) < 4.78 is 0. The molecule has 1 atom stereocenters. The minimum Gasteiger partial charge on any atom is -0.388 e. The van der Waals surface area contributed by atoms with Crippen molar-refractivity contribution < 1.29 is 9.90 Å². The van der Waals surface area contributed by atoms with Crippen LogP contribution in [-0.2, 0) is 0 Å². The lowest BCUT2D eigenvalue weighted by molar-refractivity contribution is 0.0407. The molecule has 0 radical (unpaired) electrons. The molecule has 0 fully saturated rings. The topological polar surface area (TPSA) is 62.2 Å². The van der Waals surface area contributed by atoms with Crippen LogP contribution in [0.1, 0.15) is 42.4 Å². The zero-order valence-corrected chi connectivity index (χ0v) is 13.5. The van der Waals surface area contributed by atoms with E-state index in [4.69, 9.17) is 0 Å². The van der Waals surface area contributed by atoms with Crippen molar-refractivity contribution in [3.8, 4) is 11.8 Å². The van der Waals surface area contributed by atoms with Gasteiger partial charge in [0.2, 0.25) is 0 Å². The molecule has 2 rings (SSSR count). The first-order valence-electron chi connectivity index (χ1n) is 7.42. The average Bonchev–Trinajstić information content (AvgIpc) is 2.53. The number of pyridine rings is 1. The van der Waals surface area contributed by atoms with Gasteiger partial charge in [-0.25, -0.2) is 4.98 Å². The summed E-state index contributed by atoms with van der Waals surface area (Å²) in [7, 11) is 0. The standard InChI is InChI=1S/C19H20N2O2/c1-14(19(2,3)23)21-18(22)17-12-11-16(13-20-17)10-9-15-7-5-4-6-8-15/h4-8,11-14,23H,1-3H3,(H,21,22)/t14-/m1/s1. The molecule has 0 saturated heterocycles. The van der Waals surface area contributed by atoms with Crippen LogP contribution in [0, 0.1) is 11.8 Å². The molecule has 1 heterocycles. The molecule has 1 amide bonds. The molecular weight excluding hydrogens is 288 g/mol. The normalized spacial score (nSPS) is 12.0. The van der Waals surface area contributed by atoms with Crippen LogP contribution in [0.4, 0.5) is 0 Å². The van der Waals surface area contributed by atoms with Gasteiger partial charge in [0.05, 0.1) is 11.6 Å². The lowest BCUT2D eigenvalue weighted by atomic mass is 10.0. The van der Waals surface area contributed by atoms with Crippen LogP contribution in [0.3, 0.4) is 0 Å². The van der Waals surface area contributed by atoms with E-state index in [-0.39, 0.29) is 11.9 Å². The quantitative estimate of drug-likeness (QED) is 0.856. The Morgan fingerprint density at radius 1 is 1.13 bits per heavy atom. The Morgan fingerprint density at radius 2 is 1.78 bits per heavy atom. The van der Waals surface area contributed by atoms with Gasteiger partial charge >= 0.3 is 0 Å². The molecule has 4 nitrogen and oxygen atoms in total. The van der Waals surface area contributed by atoms with E-state index in [1.54, 1.807) is 39.1 Å². The van der Waals surface area contributed by atoms with Crippen molar-refractivity contribution in [2.45, 2.75) is 32.4 Å². The maximum Gasteiger partial charge on any atom is 0.270 e. The zero-order chi connectivity index (χ0) is 16.9. The molecule has 2 aromatic rings. The Labute approximate surface area is 136 Å². The molecule has 0 bridgehead atoms. The van der Waals surface area contributed by atoms with Crippen molar-refractivity contribution in [1.82, 2.24) is 10.3 Å². The number of benzene rings is 1. The Bertz CT molecular complexity index is 720. The first-order valence-corrected chi connectivity index (χ1v) is 7.42. The second kappa shape index (κ2) is 7.08. The summed E-state index contributed by atoms with van der Waals surface area (Å²) >= 11 is 0. The van der Waals surface area contributed by atoms with Crippen LogP contribution in [0.25, 0.3) is 0 Å². The number of nitrogens with zero attached hydrogens (tertiary/aromatic N) is 1. The lowest BCUT2D eigenvalue weighted by Crippen LogP contribution is -2.47. The molecular formula is C19H20N2O2. The van der Waals surface area contributed by atoms with E-state index in [1.807, 2.05) is 30.3 Å². The zero-order valence-electron chi connectivity index (χ0n) is 13.5. The molecule has 118 valence electrons. The number of aromatic nitrogens is 1. The fourth-order valence-corrected chi connectivity index (χ4v) is 1.72. The first kappa shape index (κ1) is 16.7. The third kappa shape index (κ3) is 4.94. The molecule has 0 aliphatic heterocycles. The maximum atomic E-state index is 12.1. The van der Waals surface area contributed by atoms with E-state index in [2.05, 4.69) is 22.1 Å². The predicted octanol–water partition coefficient (Wildman–Crippen LogP) is 2.37. The molecule has 23 heavy (non-hydrogen) atoms. The van der Waals surface area contributed by atoms with E-state index in [9.17, 15) is 9.90 Å². The molecule has 2 N–H and O–H groups in total. The maximum absolute atomic E-state index is 12.1. The minimum atomic E-state index is -0.989. The number of amides is 1. The molecule has 0 unspecified atom stereocenters. The van der Waals surface area contributed by atoms with Gasteiger partial charge in [-0.3, -0.25) is 4.79 Å². The largest absolute Gasteiger partial charge is 0.388 e. The van der Waals surface area contributed by atoms with Crippen LogP contribution in [0.2, 0.25) is 0 Å². The van der Waals surface area contributed by atoms with Crippen LogP contribution in [0.15, 0.2) is 48.7 Å². The van der Waals surface area contributed by atoms with Crippen LogP contribution in [0.5, 0.6) is 0 Å². The van der Waals surface area contributed by atoms with Crippen LogP contribution < -0.4 is 5.32 Å². The van der Waals surface area contributed by atoms with E-state index >= 15 is 0 Å². The van der Waals surface area contributed by atoms with Crippen LogP contribution >= 0.6 is 0 Å². The Morgan fingerprint density at radius 3 is 2.35 bits per heavy atom. The number of carbonyl (C=O) groups is 1. The number of rotatable bonds is 3. The molecule has 0 aliphatic rings. The number of hydrogen-bond donors (Lipinski definition) is 2. The van der Waals surface area contributed by atoms with E-state index in [0.717, 1.165) is 11.1 Å². The van der Waals surface area contributed by atoms with Gasteiger partial charge in [0.25, 0.3) is 5.91 Å². The van der Waals surface area contributed by atoms with Gasteiger partial charge in [-0.1, -0.05) is 30.0 Å². The summed E-state index contributed by atoms with van der Waals surface area (Å²) in [6.45, 7) is 5.04. The SMILES string of the molecule is C[C@@H](NC(=O)c1ccc(C#Cc2ccccc2)cn1)C(C)(C)O. The monoisotopic (exact) mass is 308 g/mol. The second-order valence-corrected chi connectivity index (χ2v) is 5.90. The third-order valence-corrected chi connectivity index (χ3v) is 3.53. The summed E-state index contributed by atoms with van der Waals surface area (Å²) in [5.74, 6) is 5.73.